The highest BCUT2D eigenvalue weighted by atomic mass is 16.5. The fraction of sp³-hybridized carbons (Fsp3) is 0.357. The van der Waals surface area contributed by atoms with Crippen LogP contribution in [0.3, 0.4) is 0 Å². The SMILES string of the molecule is COc1cc(-c2cn(C)nc2CN)c(OC)cc1C. The van der Waals surface area contributed by atoms with Crippen molar-refractivity contribution in [3.63, 3.8) is 0 Å². The quantitative estimate of drug-likeness (QED) is 0.912. The molecule has 0 aliphatic heterocycles. The van der Waals surface area contributed by atoms with Gasteiger partial charge in [-0.25, -0.2) is 0 Å². The molecular weight excluding hydrogens is 242 g/mol. The van der Waals surface area contributed by atoms with Gasteiger partial charge in [0.15, 0.2) is 0 Å². The highest BCUT2D eigenvalue weighted by Crippen LogP contribution is 2.37. The molecule has 19 heavy (non-hydrogen) atoms. The molecule has 0 bridgehead atoms. The number of hydrogen-bond acceptors (Lipinski definition) is 4. The summed E-state index contributed by atoms with van der Waals surface area (Å²) in [4.78, 5) is 0. The molecule has 0 fully saturated rings. The zero-order chi connectivity index (χ0) is 14.0. The molecule has 1 aromatic heterocycles. The Labute approximate surface area is 112 Å². The van der Waals surface area contributed by atoms with Gasteiger partial charge in [0, 0.05) is 30.9 Å². The van der Waals surface area contributed by atoms with E-state index < -0.39 is 0 Å². The van der Waals surface area contributed by atoms with Crippen molar-refractivity contribution < 1.29 is 9.47 Å². The van der Waals surface area contributed by atoms with E-state index >= 15 is 0 Å². The second-order valence-electron chi connectivity index (χ2n) is 4.39. The third kappa shape index (κ3) is 2.42. The van der Waals surface area contributed by atoms with Crippen LogP contribution in [0.4, 0.5) is 0 Å². The number of nitrogens with two attached hydrogens (primary N) is 1. The van der Waals surface area contributed by atoms with E-state index in [2.05, 4.69) is 5.10 Å². The summed E-state index contributed by atoms with van der Waals surface area (Å²) in [5.74, 6) is 1.61. The second kappa shape index (κ2) is 5.32. The molecule has 5 nitrogen and oxygen atoms in total. The molecule has 2 N–H and O–H groups in total. The summed E-state index contributed by atoms with van der Waals surface area (Å²) >= 11 is 0. The summed E-state index contributed by atoms with van der Waals surface area (Å²) in [5, 5.41) is 4.35. The van der Waals surface area contributed by atoms with E-state index in [1.165, 1.54) is 0 Å². The fourth-order valence-electron chi connectivity index (χ4n) is 2.17. The van der Waals surface area contributed by atoms with E-state index in [1.54, 1.807) is 18.9 Å². The van der Waals surface area contributed by atoms with Crippen LogP contribution < -0.4 is 15.2 Å². The Morgan fingerprint density at radius 1 is 1.16 bits per heavy atom. The van der Waals surface area contributed by atoms with Gasteiger partial charge >= 0.3 is 0 Å². The third-order valence-electron chi connectivity index (χ3n) is 3.11. The van der Waals surface area contributed by atoms with Crippen molar-refractivity contribution in [1.29, 1.82) is 0 Å². The molecule has 0 amide bonds. The maximum atomic E-state index is 5.75. The Morgan fingerprint density at radius 2 is 1.84 bits per heavy atom. The first kappa shape index (κ1) is 13.4. The minimum atomic E-state index is 0.384. The average Bonchev–Trinajstić information content (AvgIpc) is 2.79. The average molecular weight is 261 g/mol. The van der Waals surface area contributed by atoms with Crippen LogP contribution in [-0.2, 0) is 13.6 Å². The molecule has 1 heterocycles. The molecule has 1 aromatic carbocycles. The van der Waals surface area contributed by atoms with Crippen LogP contribution in [0, 0.1) is 6.92 Å². The van der Waals surface area contributed by atoms with E-state index in [0.717, 1.165) is 33.9 Å². The largest absolute Gasteiger partial charge is 0.496 e. The van der Waals surface area contributed by atoms with Crippen molar-refractivity contribution in [3.05, 3.63) is 29.6 Å². The molecule has 102 valence electrons. The van der Waals surface area contributed by atoms with Crippen LogP contribution >= 0.6 is 0 Å². The van der Waals surface area contributed by atoms with Crippen molar-refractivity contribution in [3.8, 4) is 22.6 Å². The van der Waals surface area contributed by atoms with Gasteiger partial charge < -0.3 is 15.2 Å². The predicted molar refractivity (Wildman–Crippen MR) is 74.4 cm³/mol. The summed E-state index contributed by atoms with van der Waals surface area (Å²) in [7, 11) is 5.19. The van der Waals surface area contributed by atoms with Crippen LogP contribution in [0.25, 0.3) is 11.1 Å². The number of aromatic nitrogens is 2. The number of ether oxygens (including phenoxy) is 2. The molecule has 0 unspecified atom stereocenters. The number of methoxy groups -OCH3 is 2. The van der Waals surface area contributed by atoms with Crippen LogP contribution in [0.15, 0.2) is 18.3 Å². The van der Waals surface area contributed by atoms with Crippen molar-refractivity contribution in [2.45, 2.75) is 13.5 Å². The fourth-order valence-corrected chi connectivity index (χ4v) is 2.17. The molecule has 0 aliphatic rings. The second-order valence-corrected chi connectivity index (χ2v) is 4.39. The summed E-state index contributed by atoms with van der Waals surface area (Å²) in [6, 6.07) is 3.92. The van der Waals surface area contributed by atoms with E-state index in [4.69, 9.17) is 15.2 Å². The Bertz CT molecular complexity index is 591. The molecule has 0 atom stereocenters. The van der Waals surface area contributed by atoms with Crippen molar-refractivity contribution >= 4 is 0 Å². The number of nitrogens with zero attached hydrogens (tertiary/aromatic N) is 2. The van der Waals surface area contributed by atoms with Gasteiger partial charge in [-0.05, 0) is 24.6 Å². The lowest BCUT2D eigenvalue weighted by molar-refractivity contribution is 0.402. The topological polar surface area (TPSA) is 62.3 Å². The highest BCUT2D eigenvalue weighted by molar-refractivity contribution is 5.74. The van der Waals surface area contributed by atoms with E-state index in [0.29, 0.717) is 6.54 Å². The summed E-state index contributed by atoms with van der Waals surface area (Å²) in [5.41, 5.74) is 9.53. The lowest BCUT2D eigenvalue weighted by Gasteiger charge is -2.12. The minimum Gasteiger partial charge on any atom is -0.496 e. The lowest BCUT2D eigenvalue weighted by Crippen LogP contribution is -2.00. The Hall–Kier alpha value is -2.01. The lowest BCUT2D eigenvalue weighted by atomic mass is 10.0. The Morgan fingerprint density at radius 3 is 2.42 bits per heavy atom. The van der Waals surface area contributed by atoms with Gasteiger partial charge in [-0.15, -0.1) is 0 Å². The Kier molecular flexibility index (Phi) is 3.76. The maximum Gasteiger partial charge on any atom is 0.127 e. The smallest absolute Gasteiger partial charge is 0.127 e. The first-order chi connectivity index (χ1) is 9.10. The highest BCUT2D eigenvalue weighted by Gasteiger charge is 2.15. The van der Waals surface area contributed by atoms with E-state index in [1.807, 2.05) is 32.3 Å². The van der Waals surface area contributed by atoms with E-state index in [9.17, 15) is 0 Å². The molecular formula is C14H19N3O2. The van der Waals surface area contributed by atoms with Crippen LogP contribution in [0.5, 0.6) is 11.5 Å². The van der Waals surface area contributed by atoms with Crippen LogP contribution in [0.1, 0.15) is 11.3 Å². The van der Waals surface area contributed by atoms with Gasteiger partial charge in [0.05, 0.1) is 19.9 Å². The van der Waals surface area contributed by atoms with Crippen molar-refractivity contribution in [2.75, 3.05) is 14.2 Å². The monoisotopic (exact) mass is 261 g/mol. The van der Waals surface area contributed by atoms with Gasteiger partial charge in [-0.3, -0.25) is 4.68 Å². The number of rotatable bonds is 4. The summed E-state index contributed by atoms with van der Waals surface area (Å²) in [6.45, 7) is 2.37. The molecule has 0 saturated heterocycles. The van der Waals surface area contributed by atoms with Crippen molar-refractivity contribution in [2.24, 2.45) is 12.8 Å². The number of aryl methyl sites for hydroxylation is 2. The van der Waals surface area contributed by atoms with Gasteiger partial charge in [0.25, 0.3) is 0 Å². The molecule has 0 saturated carbocycles. The Balaban J connectivity index is 2.65. The standard InChI is InChI=1S/C14H19N3O2/c1-9-5-14(19-4)10(6-13(9)18-3)11-8-17(2)16-12(11)7-15/h5-6,8H,7,15H2,1-4H3. The third-order valence-corrected chi connectivity index (χ3v) is 3.11. The molecule has 5 heteroatoms. The maximum absolute atomic E-state index is 5.75. The normalized spacial score (nSPS) is 10.6. The summed E-state index contributed by atoms with van der Waals surface area (Å²) < 4.78 is 12.6. The van der Waals surface area contributed by atoms with Crippen molar-refractivity contribution in [1.82, 2.24) is 9.78 Å². The number of hydrogen-bond donors (Lipinski definition) is 1. The summed E-state index contributed by atoms with van der Waals surface area (Å²) in [6.07, 6.45) is 1.94. The van der Waals surface area contributed by atoms with Gasteiger partial charge in [-0.2, -0.15) is 5.10 Å². The molecule has 0 aliphatic carbocycles. The molecule has 0 radical (unpaired) electrons. The minimum absolute atomic E-state index is 0.384. The molecule has 2 aromatic rings. The molecule has 0 spiro atoms. The van der Waals surface area contributed by atoms with Gasteiger partial charge in [0.1, 0.15) is 11.5 Å². The number of benzene rings is 1. The molecule has 2 rings (SSSR count). The van der Waals surface area contributed by atoms with Crippen LogP contribution in [0.2, 0.25) is 0 Å². The zero-order valence-electron chi connectivity index (χ0n) is 11.7. The first-order valence-electron chi connectivity index (χ1n) is 6.06. The predicted octanol–water partition coefficient (Wildman–Crippen LogP) is 1.87. The van der Waals surface area contributed by atoms with Gasteiger partial charge in [-0.1, -0.05) is 0 Å². The van der Waals surface area contributed by atoms with E-state index in [-0.39, 0.29) is 0 Å². The van der Waals surface area contributed by atoms with Crippen LogP contribution in [-0.4, -0.2) is 24.0 Å². The van der Waals surface area contributed by atoms with Gasteiger partial charge in [0.2, 0.25) is 0 Å². The first-order valence-corrected chi connectivity index (χ1v) is 6.06. The zero-order valence-corrected chi connectivity index (χ0v) is 11.7.